The maximum absolute atomic E-state index is 14.7. The molecule has 0 amide bonds. The molecule has 2 atom stereocenters. The van der Waals surface area contributed by atoms with Gasteiger partial charge in [-0.3, -0.25) is 0 Å². The number of halogens is 5. The van der Waals surface area contributed by atoms with Crippen molar-refractivity contribution >= 4 is 5.57 Å². The second-order valence-corrected chi connectivity index (χ2v) is 8.24. The molecule has 0 spiro atoms. The lowest BCUT2D eigenvalue weighted by molar-refractivity contribution is -0.189. The third kappa shape index (κ3) is 4.54. The van der Waals surface area contributed by atoms with Crippen LogP contribution in [0.5, 0.6) is 17.2 Å². The van der Waals surface area contributed by atoms with Gasteiger partial charge in [-0.1, -0.05) is 25.8 Å². The molecule has 172 valence electrons. The molecule has 0 radical (unpaired) electrons. The van der Waals surface area contributed by atoms with Gasteiger partial charge in [0.15, 0.2) is 11.5 Å². The molecule has 0 N–H and O–H groups in total. The van der Waals surface area contributed by atoms with Crippen LogP contribution in [0.25, 0.3) is 5.57 Å². The summed E-state index contributed by atoms with van der Waals surface area (Å²) in [6.45, 7) is 3.10. The van der Waals surface area contributed by atoms with E-state index >= 15 is 0 Å². The second kappa shape index (κ2) is 8.30. The average Bonchev–Trinajstić information content (AvgIpc) is 3.00. The maximum Gasteiger partial charge on any atom is 0.432 e. The summed E-state index contributed by atoms with van der Waals surface area (Å²) in [5.74, 6) is -2.90. The summed E-state index contributed by atoms with van der Waals surface area (Å²) in [5, 5.41) is 0. The highest BCUT2D eigenvalue weighted by atomic mass is 19.3. The molecule has 1 heterocycles. The Hall–Kier alpha value is -2.77. The largest absolute Gasteiger partial charge is 0.432 e. The van der Waals surface area contributed by atoms with Crippen molar-refractivity contribution in [3.05, 3.63) is 59.2 Å². The first-order valence-corrected chi connectivity index (χ1v) is 10.5. The lowest BCUT2D eigenvalue weighted by Crippen LogP contribution is -2.27. The van der Waals surface area contributed by atoms with E-state index in [9.17, 15) is 22.0 Å². The predicted molar refractivity (Wildman–Crippen MR) is 108 cm³/mol. The molecule has 0 saturated carbocycles. The number of benzene rings is 2. The highest BCUT2D eigenvalue weighted by Gasteiger charge is 2.42. The molecule has 2 unspecified atom stereocenters. The van der Waals surface area contributed by atoms with Gasteiger partial charge in [0.2, 0.25) is 0 Å². The number of ether oxygens (including phenoxy) is 3. The van der Waals surface area contributed by atoms with Crippen LogP contribution in [-0.2, 0) is 6.11 Å². The fraction of sp³-hybridized carbons (Fsp3) is 0.417. The van der Waals surface area contributed by atoms with E-state index in [0.717, 1.165) is 62.4 Å². The van der Waals surface area contributed by atoms with Crippen LogP contribution in [0.3, 0.4) is 0 Å². The molecule has 8 heteroatoms. The number of allylic oxidation sites excluding steroid dienone is 2. The first-order chi connectivity index (χ1) is 15.1. The van der Waals surface area contributed by atoms with Crippen LogP contribution in [0, 0.1) is 17.6 Å². The molecule has 3 nitrogen and oxygen atoms in total. The van der Waals surface area contributed by atoms with Crippen molar-refractivity contribution in [3.8, 4) is 17.2 Å². The summed E-state index contributed by atoms with van der Waals surface area (Å²) in [6, 6.07) is 2.59. The Morgan fingerprint density at radius 2 is 1.78 bits per heavy atom. The third-order valence-corrected chi connectivity index (χ3v) is 5.67. The summed E-state index contributed by atoms with van der Waals surface area (Å²) in [7, 11) is 0. The average molecular weight is 454 g/mol. The second-order valence-electron chi connectivity index (χ2n) is 8.24. The molecule has 2 aromatic carbocycles. The maximum atomic E-state index is 14.7. The molecule has 32 heavy (non-hydrogen) atoms. The summed E-state index contributed by atoms with van der Waals surface area (Å²) in [5.41, 5.74) is -0.495. The Balaban J connectivity index is 1.56. The van der Waals surface area contributed by atoms with E-state index in [0.29, 0.717) is 12.3 Å². The minimum absolute atomic E-state index is 0.00527. The van der Waals surface area contributed by atoms with Crippen molar-refractivity contribution in [1.82, 2.24) is 0 Å². The number of hydrogen-bond acceptors (Lipinski definition) is 3. The van der Waals surface area contributed by atoms with Crippen molar-refractivity contribution in [2.75, 3.05) is 0 Å². The normalized spacial score (nSPS) is 22.6. The molecule has 0 aromatic heterocycles. The van der Waals surface area contributed by atoms with Crippen molar-refractivity contribution in [2.45, 2.75) is 58.1 Å². The fourth-order valence-corrected chi connectivity index (χ4v) is 4.19. The SMILES string of the molecule is CCCC1CC=C(c2cc(F)c(C(F)(F)Oc3ccc4c(c3)OC(C)(F)O4)c(F)c2)CC1. The molecule has 0 saturated heterocycles. The number of fused-ring (bicyclic) bond motifs is 1. The van der Waals surface area contributed by atoms with Gasteiger partial charge in [-0.25, -0.2) is 8.78 Å². The van der Waals surface area contributed by atoms with Crippen LogP contribution in [0.1, 0.15) is 57.1 Å². The zero-order valence-electron chi connectivity index (χ0n) is 17.7. The monoisotopic (exact) mass is 454 g/mol. The van der Waals surface area contributed by atoms with E-state index in [4.69, 9.17) is 9.47 Å². The van der Waals surface area contributed by atoms with Crippen molar-refractivity contribution in [3.63, 3.8) is 0 Å². The molecule has 1 aliphatic heterocycles. The minimum Gasteiger partial charge on any atom is -0.429 e. The Bertz CT molecular complexity index is 1020. The zero-order chi connectivity index (χ0) is 23.1. The van der Waals surface area contributed by atoms with Gasteiger partial charge in [-0.05, 0) is 60.6 Å². The first kappa shape index (κ1) is 22.4. The summed E-state index contributed by atoms with van der Waals surface area (Å²) in [4.78, 5) is 0. The first-order valence-electron chi connectivity index (χ1n) is 10.5. The third-order valence-electron chi connectivity index (χ3n) is 5.67. The topological polar surface area (TPSA) is 27.7 Å². The Kier molecular flexibility index (Phi) is 5.81. The fourth-order valence-electron chi connectivity index (χ4n) is 4.19. The van der Waals surface area contributed by atoms with Crippen molar-refractivity contribution in [1.29, 1.82) is 0 Å². The Morgan fingerprint density at radius 1 is 1.09 bits per heavy atom. The van der Waals surface area contributed by atoms with Crippen molar-refractivity contribution < 1.29 is 36.2 Å². The van der Waals surface area contributed by atoms with Crippen molar-refractivity contribution in [2.24, 2.45) is 5.92 Å². The van der Waals surface area contributed by atoms with Gasteiger partial charge in [0.25, 0.3) is 0 Å². The van der Waals surface area contributed by atoms with E-state index in [1.807, 2.05) is 6.08 Å². The van der Waals surface area contributed by atoms with E-state index in [1.165, 1.54) is 6.07 Å². The Morgan fingerprint density at radius 3 is 2.41 bits per heavy atom. The van der Waals surface area contributed by atoms with Crippen LogP contribution in [0.2, 0.25) is 0 Å². The molecular weight excluding hydrogens is 431 g/mol. The van der Waals surface area contributed by atoms with Crippen LogP contribution in [0.15, 0.2) is 36.4 Å². The van der Waals surface area contributed by atoms with Crippen LogP contribution in [0.4, 0.5) is 22.0 Å². The molecule has 0 bridgehead atoms. The molecule has 2 aliphatic rings. The Labute approximate surface area is 182 Å². The summed E-state index contributed by atoms with van der Waals surface area (Å²) in [6.07, 6.45) is 2.10. The van der Waals surface area contributed by atoms with E-state index in [2.05, 4.69) is 11.7 Å². The van der Waals surface area contributed by atoms with Crippen LogP contribution >= 0.6 is 0 Å². The van der Waals surface area contributed by atoms with Gasteiger partial charge in [0, 0.05) is 13.0 Å². The lowest BCUT2D eigenvalue weighted by atomic mass is 9.84. The van der Waals surface area contributed by atoms with Crippen LogP contribution in [-0.4, -0.2) is 6.04 Å². The predicted octanol–water partition coefficient (Wildman–Crippen LogP) is 7.49. The van der Waals surface area contributed by atoms with E-state index < -0.39 is 35.1 Å². The van der Waals surface area contributed by atoms with Gasteiger partial charge in [0.1, 0.15) is 22.9 Å². The lowest BCUT2D eigenvalue weighted by Gasteiger charge is -2.23. The smallest absolute Gasteiger partial charge is 0.429 e. The van der Waals surface area contributed by atoms with E-state index in [1.54, 1.807) is 0 Å². The number of hydrogen-bond donors (Lipinski definition) is 0. The summed E-state index contributed by atoms with van der Waals surface area (Å²) < 4.78 is 86.8. The number of rotatable bonds is 6. The van der Waals surface area contributed by atoms with Gasteiger partial charge in [-0.2, -0.15) is 13.2 Å². The van der Waals surface area contributed by atoms with Gasteiger partial charge < -0.3 is 14.2 Å². The highest BCUT2D eigenvalue weighted by Crippen LogP contribution is 2.44. The number of alkyl halides is 3. The minimum atomic E-state index is -4.31. The molecule has 2 aromatic rings. The van der Waals surface area contributed by atoms with Crippen LogP contribution < -0.4 is 14.2 Å². The molecule has 0 fully saturated rings. The van der Waals surface area contributed by atoms with E-state index in [-0.39, 0.29) is 17.1 Å². The standard InChI is InChI=1S/C24H23F5O3/c1-3-4-14-5-7-15(8-6-14)16-11-18(25)22(19(26)12-16)24(28,29)30-17-9-10-20-21(13-17)32-23(2,27)31-20/h7,9-14H,3-6,8H2,1-2H3. The zero-order valence-corrected chi connectivity index (χ0v) is 17.7. The summed E-state index contributed by atoms with van der Waals surface area (Å²) >= 11 is 0. The van der Waals surface area contributed by atoms with Gasteiger partial charge >= 0.3 is 12.1 Å². The highest BCUT2D eigenvalue weighted by molar-refractivity contribution is 5.67. The quantitative estimate of drug-likeness (QED) is 0.423. The molecular formula is C24H23F5O3. The molecule has 1 aliphatic carbocycles. The van der Waals surface area contributed by atoms with Gasteiger partial charge in [0.05, 0.1) is 0 Å². The molecule has 4 rings (SSSR count). The van der Waals surface area contributed by atoms with Gasteiger partial charge in [-0.15, -0.1) is 0 Å².